The number of amides is 1. The van der Waals surface area contributed by atoms with Gasteiger partial charge in [-0.1, -0.05) is 92.7 Å². The zero-order valence-electron chi connectivity index (χ0n) is 29.3. The lowest BCUT2D eigenvalue weighted by Gasteiger charge is -2.27. The van der Waals surface area contributed by atoms with Crippen LogP contribution >= 0.6 is 11.6 Å². The normalized spacial score (nSPS) is 13.1. The Labute approximate surface area is 301 Å². The minimum absolute atomic E-state index is 0.270. The second-order valence-corrected chi connectivity index (χ2v) is 12.1. The standard InChI is InChI=1S/C33H36N4O2.C8H11ClN2/c1-4-8-33-32(35-23-38)21-31(36-37(33)5-2)29-12-7-11-28(20-29)27-10-6-9-25(19-27)14-13-24(3)34-22-26-15-17-30(39)18-16-26;1-3-6-4-11-5-7(9)8(6)10-2/h6-12,15-21,23,34,39H,3-5,13-14,22H2,1-2H3,(H,35,38);4-5H,3H2,1-2H3,(H,10,11). The number of hydrazone groups is 1. The molecule has 0 saturated heterocycles. The second kappa shape index (κ2) is 19.0. The smallest absolute Gasteiger partial charge is 0.211 e. The maximum atomic E-state index is 11.3. The van der Waals surface area contributed by atoms with Gasteiger partial charge in [-0.3, -0.25) is 14.8 Å². The van der Waals surface area contributed by atoms with Gasteiger partial charge in [-0.15, -0.1) is 0 Å². The molecule has 50 heavy (non-hydrogen) atoms. The third-order valence-corrected chi connectivity index (χ3v) is 8.48. The molecule has 3 aromatic carbocycles. The van der Waals surface area contributed by atoms with Crippen molar-refractivity contribution in [1.82, 2.24) is 20.6 Å². The summed E-state index contributed by atoms with van der Waals surface area (Å²) in [5.74, 6) is 0.270. The Bertz CT molecular complexity index is 1850. The molecule has 9 heteroatoms. The number of aryl methyl sites for hydroxylation is 2. The Morgan fingerprint density at radius 1 is 0.960 bits per heavy atom. The average molecular weight is 691 g/mol. The van der Waals surface area contributed by atoms with E-state index in [1.807, 2.05) is 55.5 Å². The minimum atomic E-state index is 0.270. The molecule has 1 aliphatic heterocycles. The van der Waals surface area contributed by atoms with Crippen molar-refractivity contribution in [2.75, 3.05) is 18.9 Å². The Hall–Kier alpha value is -5.34. The van der Waals surface area contributed by atoms with Crippen molar-refractivity contribution in [3.8, 4) is 16.9 Å². The van der Waals surface area contributed by atoms with E-state index in [0.29, 0.717) is 24.5 Å². The summed E-state index contributed by atoms with van der Waals surface area (Å²) in [6.07, 6.45) is 11.7. The van der Waals surface area contributed by atoms with Crippen LogP contribution in [0, 0.1) is 0 Å². The van der Waals surface area contributed by atoms with Crippen LogP contribution in [0.15, 0.2) is 126 Å². The molecule has 0 unspecified atom stereocenters. The van der Waals surface area contributed by atoms with E-state index in [1.54, 1.807) is 18.3 Å². The number of likely N-dealkylation sites (N-methyl/N-ethyl adjacent to an activating group) is 1. The maximum Gasteiger partial charge on any atom is 0.211 e. The molecule has 1 amide bonds. The van der Waals surface area contributed by atoms with Gasteiger partial charge in [0.15, 0.2) is 0 Å². The molecule has 1 aromatic heterocycles. The van der Waals surface area contributed by atoms with Crippen molar-refractivity contribution in [2.24, 2.45) is 5.10 Å². The predicted molar refractivity (Wildman–Crippen MR) is 207 cm³/mol. The molecule has 4 N–H and O–H groups in total. The molecular formula is C41H47ClN6O2. The Morgan fingerprint density at radius 2 is 1.68 bits per heavy atom. The fourth-order valence-electron chi connectivity index (χ4n) is 5.54. The number of phenols is 1. The van der Waals surface area contributed by atoms with Gasteiger partial charge in [-0.05, 0) is 84.7 Å². The minimum Gasteiger partial charge on any atom is -0.508 e. The number of allylic oxidation sites excluding steroid dienone is 3. The van der Waals surface area contributed by atoms with Crippen LogP contribution < -0.4 is 16.0 Å². The highest BCUT2D eigenvalue weighted by atomic mass is 35.5. The van der Waals surface area contributed by atoms with Gasteiger partial charge in [-0.25, -0.2) is 0 Å². The quantitative estimate of drug-likeness (QED) is 0.0989. The summed E-state index contributed by atoms with van der Waals surface area (Å²) in [5, 5.41) is 26.2. The SMILES string of the molecule is C=C(CCc1cccc(-c2cccc(C3=NN(CC)C(=CCC)C(NC=O)=C3)c2)c1)NCc1ccc(O)cc1.CCc1cncc(Cl)c1NC. The van der Waals surface area contributed by atoms with Gasteiger partial charge in [0.05, 0.1) is 27.8 Å². The number of benzene rings is 3. The van der Waals surface area contributed by atoms with Crippen molar-refractivity contribution in [2.45, 2.75) is 53.0 Å². The van der Waals surface area contributed by atoms with Crippen LogP contribution in [-0.2, 0) is 24.2 Å². The summed E-state index contributed by atoms with van der Waals surface area (Å²) in [7, 11) is 1.86. The summed E-state index contributed by atoms with van der Waals surface area (Å²) in [5.41, 5.74) is 11.2. The number of nitrogens with zero attached hydrogens (tertiary/aromatic N) is 3. The number of hydrogen-bond donors (Lipinski definition) is 4. The van der Waals surface area contributed by atoms with Gasteiger partial charge in [0.1, 0.15) is 5.75 Å². The molecule has 0 bridgehead atoms. The highest BCUT2D eigenvalue weighted by Gasteiger charge is 2.19. The first-order valence-corrected chi connectivity index (χ1v) is 17.4. The molecule has 0 spiro atoms. The van der Waals surface area contributed by atoms with Crippen LogP contribution in [-0.4, -0.2) is 40.8 Å². The van der Waals surface area contributed by atoms with E-state index >= 15 is 0 Å². The first-order chi connectivity index (χ1) is 24.3. The molecule has 1 aliphatic rings. The molecular weight excluding hydrogens is 644 g/mol. The number of phenolic OH excluding ortho intramolecular Hbond substituents is 1. The first-order valence-electron chi connectivity index (χ1n) is 17.0. The fraction of sp³-hybridized carbons (Fsp3) is 0.244. The number of aromatic hydroxyl groups is 1. The third kappa shape index (κ3) is 10.3. The predicted octanol–water partition coefficient (Wildman–Crippen LogP) is 8.60. The molecule has 0 aliphatic carbocycles. The van der Waals surface area contributed by atoms with E-state index in [-0.39, 0.29) is 5.75 Å². The van der Waals surface area contributed by atoms with Crippen molar-refractivity contribution < 1.29 is 9.90 Å². The Balaban J connectivity index is 0.000000435. The lowest BCUT2D eigenvalue weighted by molar-refractivity contribution is -0.108. The van der Waals surface area contributed by atoms with Crippen molar-refractivity contribution in [3.63, 3.8) is 0 Å². The van der Waals surface area contributed by atoms with E-state index in [4.69, 9.17) is 16.7 Å². The van der Waals surface area contributed by atoms with Crippen molar-refractivity contribution in [3.05, 3.63) is 148 Å². The number of nitrogens with one attached hydrogen (secondary N) is 3. The Morgan fingerprint density at radius 3 is 2.34 bits per heavy atom. The van der Waals surface area contributed by atoms with E-state index in [0.717, 1.165) is 82.0 Å². The number of aromatic nitrogens is 1. The van der Waals surface area contributed by atoms with E-state index < -0.39 is 0 Å². The summed E-state index contributed by atoms with van der Waals surface area (Å²) in [6, 6.07) is 24.1. The van der Waals surface area contributed by atoms with E-state index in [9.17, 15) is 9.90 Å². The number of hydrogen-bond acceptors (Lipinski definition) is 7. The fourth-order valence-corrected chi connectivity index (χ4v) is 5.82. The second-order valence-electron chi connectivity index (χ2n) is 11.7. The number of anilines is 1. The zero-order valence-corrected chi connectivity index (χ0v) is 30.1. The van der Waals surface area contributed by atoms with E-state index in [1.165, 1.54) is 5.56 Å². The summed E-state index contributed by atoms with van der Waals surface area (Å²) in [4.78, 5) is 15.3. The summed E-state index contributed by atoms with van der Waals surface area (Å²) in [6.45, 7) is 11.8. The molecule has 8 nitrogen and oxygen atoms in total. The van der Waals surface area contributed by atoms with E-state index in [2.05, 4.69) is 83.8 Å². The van der Waals surface area contributed by atoms with Crippen molar-refractivity contribution >= 4 is 29.4 Å². The highest BCUT2D eigenvalue weighted by molar-refractivity contribution is 6.33. The van der Waals surface area contributed by atoms with Gasteiger partial charge in [0, 0.05) is 43.8 Å². The topological polar surface area (TPSA) is 102 Å². The van der Waals surface area contributed by atoms with Gasteiger partial charge in [0.25, 0.3) is 0 Å². The van der Waals surface area contributed by atoms with Crippen LogP contribution in [0.2, 0.25) is 5.02 Å². The van der Waals surface area contributed by atoms with Crippen LogP contribution in [0.4, 0.5) is 5.69 Å². The number of halogens is 1. The van der Waals surface area contributed by atoms with Gasteiger partial charge < -0.3 is 21.1 Å². The Kier molecular flexibility index (Phi) is 14.2. The monoisotopic (exact) mass is 690 g/mol. The number of carbonyl (C=O) groups is 1. The molecule has 4 aromatic rings. The molecule has 0 radical (unpaired) electrons. The van der Waals surface area contributed by atoms with Gasteiger partial charge in [0.2, 0.25) is 6.41 Å². The van der Waals surface area contributed by atoms with Crippen LogP contribution in [0.3, 0.4) is 0 Å². The number of rotatable bonds is 14. The number of carbonyl (C=O) groups excluding carboxylic acids is 1. The van der Waals surface area contributed by atoms with Gasteiger partial charge in [-0.2, -0.15) is 5.10 Å². The van der Waals surface area contributed by atoms with Crippen LogP contribution in [0.5, 0.6) is 5.75 Å². The highest BCUT2D eigenvalue weighted by Crippen LogP contribution is 2.27. The largest absolute Gasteiger partial charge is 0.508 e. The molecule has 0 atom stereocenters. The zero-order chi connectivity index (χ0) is 35.9. The van der Waals surface area contributed by atoms with Crippen LogP contribution in [0.1, 0.15) is 55.9 Å². The van der Waals surface area contributed by atoms with Crippen LogP contribution in [0.25, 0.3) is 11.1 Å². The molecule has 0 saturated carbocycles. The molecule has 5 rings (SSSR count). The third-order valence-electron chi connectivity index (χ3n) is 8.20. The maximum absolute atomic E-state index is 11.3. The molecule has 0 fully saturated rings. The molecule has 2 heterocycles. The first kappa shape index (κ1) is 37.5. The average Bonchev–Trinajstić information content (AvgIpc) is 3.14. The number of pyridine rings is 1. The molecule has 260 valence electrons. The summed E-state index contributed by atoms with van der Waals surface area (Å²) < 4.78 is 0. The lowest BCUT2D eigenvalue weighted by atomic mass is 9.97. The lowest BCUT2D eigenvalue weighted by Crippen LogP contribution is -2.29. The van der Waals surface area contributed by atoms with Gasteiger partial charge >= 0.3 is 0 Å². The van der Waals surface area contributed by atoms with Crippen molar-refractivity contribution in [1.29, 1.82) is 0 Å². The summed E-state index contributed by atoms with van der Waals surface area (Å²) >= 11 is 5.88.